The molecular formula is C10H12N2O. The number of aliphatic hydroxyl groups is 1. The first-order valence-electron chi connectivity index (χ1n) is 4.24. The third-order valence-corrected chi connectivity index (χ3v) is 2.26. The van der Waals surface area contributed by atoms with Crippen LogP contribution < -0.4 is 0 Å². The van der Waals surface area contributed by atoms with Gasteiger partial charge >= 0.3 is 0 Å². The maximum atomic E-state index is 9.04. The molecule has 0 saturated heterocycles. The van der Waals surface area contributed by atoms with Crippen molar-refractivity contribution in [1.82, 2.24) is 9.55 Å². The lowest BCUT2D eigenvalue weighted by molar-refractivity contribution is 0.273. The molecule has 0 unspecified atom stereocenters. The molecule has 68 valence electrons. The van der Waals surface area contributed by atoms with Gasteiger partial charge < -0.3 is 9.67 Å². The molecule has 0 aromatic carbocycles. The Morgan fingerprint density at radius 2 is 2.23 bits per heavy atom. The molecule has 0 spiro atoms. The van der Waals surface area contributed by atoms with Gasteiger partial charge in [0.15, 0.2) is 0 Å². The molecule has 0 saturated carbocycles. The van der Waals surface area contributed by atoms with E-state index in [4.69, 9.17) is 5.11 Å². The molecule has 1 N–H and O–H groups in total. The van der Waals surface area contributed by atoms with E-state index in [9.17, 15) is 0 Å². The molecule has 2 rings (SSSR count). The number of fused-ring (bicyclic) bond motifs is 1. The summed E-state index contributed by atoms with van der Waals surface area (Å²) in [6.07, 6.45) is 1.84. The normalized spacial score (nSPS) is 11.0. The number of pyridine rings is 1. The van der Waals surface area contributed by atoms with E-state index in [2.05, 4.69) is 11.1 Å². The number of hydrogen-bond donors (Lipinski definition) is 1. The molecule has 3 nitrogen and oxygen atoms in total. The zero-order valence-electron chi connectivity index (χ0n) is 7.78. The summed E-state index contributed by atoms with van der Waals surface area (Å²) < 4.78 is 1.91. The first-order chi connectivity index (χ1) is 6.22. The monoisotopic (exact) mass is 176 g/mol. The predicted molar refractivity (Wildman–Crippen MR) is 51.4 cm³/mol. The van der Waals surface area contributed by atoms with Crippen LogP contribution in [0.25, 0.3) is 11.0 Å². The summed E-state index contributed by atoms with van der Waals surface area (Å²) in [5.41, 5.74) is 2.96. The number of aliphatic hydroxyl groups excluding tert-OH is 1. The van der Waals surface area contributed by atoms with Crippen molar-refractivity contribution < 1.29 is 5.11 Å². The summed E-state index contributed by atoms with van der Waals surface area (Å²) in [4.78, 5) is 4.30. The van der Waals surface area contributed by atoms with Crippen LogP contribution in [0, 0.1) is 6.92 Å². The van der Waals surface area contributed by atoms with E-state index in [-0.39, 0.29) is 6.61 Å². The second-order valence-electron chi connectivity index (χ2n) is 3.28. The van der Waals surface area contributed by atoms with Crippen molar-refractivity contribution in [3.8, 4) is 0 Å². The van der Waals surface area contributed by atoms with Gasteiger partial charge in [-0.2, -0.15) is 0 Å². The molecule has 2 aromatic rings. The quantitative estimate of drug-likeness (QED) is 0.712. The molecule has 3 heteroatoms. The molecule has 0 aliphatic heterocycles. The van der Waals surface area contributed by atoms with Crippen molar-refractivity contribution in [3.63, 3.8) is 0 Å². The van der Waals surface area contributed by atoms with E-state index in [0.717, 1.165) is 22.3 Å². The highest BCUT2D eigenvalue weighted by Crippen LogP contribution is 2.17. The Morgan fingerprint density at radius 3 is 2.92 bits per heavy atom. The molecule has 0 aliphatic carbocycles. The highest BCUT2D eigenvalue weighted by Gasteiger charge is 2.04. The average molecular weight is 176 g/mol. The molecule has 0 radical (unpaired) electrons. The average Bonchev–Trinajstić information content (AvgIpc) is 2.42. The van der Waals surface area contributed by atoms with E-state index < -0.39 is 0 Å². The van der Waals surface area contributed by atoms with Gasteiger partial charge in [0.05, 0.1) is 6.61 Å². The van der Waals surface area contributed by atoms with Crippen molar-refractivity contribution in [2.24, 2.45) is 7.05 Å². The molecule has 0 atom stereocenters. The third-order valence-electron chi connectivity index (χ3n) is 2.26. The fraction of sp³-hybridized carbons (Fsp3) is 0.300. The SMILES string of the molecule is Cc1cnc2c(c1)cc(CO)n2C. The van der Waals surface area contributed by atoms with Crippen molar-refractivity contribution in [2.75, 3.05) is 0 Å². The van der Waals surface area contributed by atoms with Crippen LogP contribution in [-0.2, 0) is 13.7 Å². The van der Waals surface area contributed by atoms with Gasteiger partial charge in [0.2, 0.25) is 0 Å². The largest absolute Gasteiger partial charge is 0.390 e. The maximum Gasteiger partial charge on any atom is 0.139 e. The fourth-order valence-electron chi connectivity index (χ4n) is 1.54. The Balaban J connectivity index is 2.76. The minimum Gasteiger partial charge on any atom is -0.390 e. The first-order valence-corrected chi connectivity index (χ1v) is 4.24. The standard InChI is InChI=1S/C10H12N2O/c1-7-3-8-4-9(6-13)12(2)10(8)11-5-7/h3-5,13H,6H2,1-2H3. The van der Waals surface area contributed by atoms with Crippen LogP contribution in [0.4, 0.5) is 0 Å². The zero-order valence-corrected chi connectivity index (χ0v) is 7.78. The number of aromatic nitrogens is 2. The molecule has 0 bridgehead atoms. The molecule has 2 aromatic heterocycles. The van der Waals surface area contributed by atoms with E-state index >= 15 is 0 Å². The highest BCUT2D eigenvalue weighted by atomic mass is 16.3. The lowest BCUT2D eigenvalue weighted by Crippen LogP contribution is -1.96. The number of hydrogen-bond acceptors (Lipinski definition) is 2. The van der Waals surface area contributed by atoms with Gasteiger partial charge in [-0.05, 0) is 24.6 Å². The van der Waals surface area contributed by atoms with Crippen LogP contribution >= 0.6 is 0 Å². The number of aryl methyl sites for hydroxylation is 2. The van der Waals surface area contributed by atoms with E-state index in [1.54, 1.807) is 0 Å². The topological polar surface area (TPSA) is 38.1 Å². The van der Waals surface area contributed by atoms with Gasteiger partial charge in [0, 0.05) is 24.3 Å². The van der Waals surface area contributed by atoms with Crippen LogP contribution in [0.15, 0.2) is 18.3 Å². The minimum absolute atomic E-state index is 0.0614. The molecule has 13 heavy (non-hydrogen) atoms. The highest BCUT2D eigenvalue weighted by molar-refractivity contribution is 5.77. The molecule has 0 fully saturated rings. The number of rotatable bonds is 1. The van der Waals surface area contributed by atoms with Crippen LogP contribution in [0.1, 0.15) is 11.3 Å². The van der Waals surface area contributed by atoms with Gasteiger partial charge in [-0.25, -0.2) is 4.98 Å². The maximum absolute atomic E-state index is 9.04. The smallest absolute Gasteiger partial charge is 0.139 e. The summed E-state index contributed by atoms with van der Waals surface area (Å²) in [6, 6.07) is 4.04. The lowest BCUT2D eigenvalue weighted by atomic mass is 10.2. The van der Waals surface area contributed by atoms with E-state index in [0.29, 0.717) is 0 Å². The predicted octanol–water partition coefficient (Wildman–Crippen LogP) is 1.37. The minimum atomic E-state index is 0.0614. The summed E-state index contributed by atoms with van der Waals surface area (Å²) in [7, 11) is 1.91. The van der Waals surface area contributed by atoms with E-state index in [1.165, 1.54) is 0 Å². The third kappa shape index (κ3) is 1.21. The summed E-state index contributed by atoms with van der Waals surface area (Å²) in [6.45, 7) is 2.07. The first kappa shape index (κ1) is 8.26. The second kappa shape index (κ2) is 2.85. The van der Waals surface area contributed by atoms with Crippen molar-refractivity contribution in [3.05, 3.63) is 29.6 Å². The fourth-order valence-corrected chi connectivity index (χ4v) is 1.54. The summed E-state index contributed by atoms with van der Waals surface area (Å²) >= 11 is 0. The Morgan fingerprint density at radius 1 is 1.46 bits per heavy atom. The van der Waals surface area contributed by atoms with Gasteiger partial charge in [-0.1, -0.05) is 0 Å². The van der Waals surface area contributed by atoms with Crippen molar-refractivity contribution >= 4 is 11.0 Å². The van der Waals surface area contributed by atoms with Gasteiger partial charge in [-0.3, -0.25) is 0 Å². The Labute approximate surface area is 76.6 Å². The van der Waals surface area contributed by atoms with Crippen LogP contribution in [0.2, 0.25) is 0 Å². The molecular weight excluding hydrogens is 164 g/mol. The van der Waals surface area contributed by atoms with Crippen molar-refractivity contribution in [1.29, 1.82) is 0 Å². The Bertz CT molecular complexity index is 445. The Hall–Kier alpha value is -1.35. The zero-order chi connectivity index (χ0) is 9.42. The summed E-state index contributed by atoms with van der Waals surface area (Å²) in [5, 5.41) is 10.1. The summed E-state index contributed by atoms with van der Waals surface area (Å²) in [5.74, 6) is 0. The lowest BCUT2D eigenvalue weighted by Gasteiger charge is -1.98. The van der Waals surface area contributed by atoms with E-state index in [1.807, 2.05) is 30.8 Å². The molecule has 2 heterocycles. The van der Waals surface area contributed by atoms with Crippen LogP contribution in [0.5, 0.6) is 0 Å². The van der Waals surface area contributed by atoms with Gasteiger partial charge in [-0.15, -0.1) is 0 Å². The molecule has 0 amide bonds. The number of nitrogens with zero attached hydrogens (tertiary/aromatic N) is 2. The van der Waals surface area contributed by atoms with Gasteiger partial charge in [0.25, 0.3) is 0 Å². The second-order valence-corrected chi connectivity index (χ2v) is 3.28. The van der Waals surface area contributed by atoms with Crippen LogP contribution in [-0.4, -0.2) is 14.7 Å². The van der Waals surface area contributed by atoms with Crippen LogP contribution in [0.3, 0.4) is 0 Å². The van der Waals surface area contributed by atoms with Crippen molar-refractivity contribution in [2.45, 2.75) is 13.5 Å². The Kier molecular flexibility index (Phi) is 1.81. The van der Waals surface area contributed by atoms with Gasteiger partial charge in [0.1, 0.15) is 5.65 Å². The molecule has 0 aliphatic rings.